The molecule has 0 aliphatic heterocycles. The molecule has 10 heavy (non-hydrogen) atoms. The summed E-state index contributed by atoms with van der Waals surface area (Å²) in [7, 11) is 0. The van der Waals surface area contributed by atoms with Crippen LogP contribution in [0.5, 0.6) is 0 Å². The minimum atomic E-state index is 0. The fourth-order valence-electron chi connectivity index (χ4n) is 0. The van der Waals surface area contributed by atoms with Gasteiger partial charge >= 0.3 is 0 Å². The molecule has 0 atom stereocenters. The molecule has 0 nitrogen and oxygen atoms in total. The molecular formula is AlPd9. The van der Waals surface area contributed by atoms with Crippen molar-refractivity contribution < 1.29 is 184 Å². The first-order chi connectivity index (χ1) is 0. The number of hydrogen-bond acceptors (Lipinski definition) is 0. The molecule has 10 heteroatoms. The van der Waals surface area contributed by atoms with Crippen LogP contribution in [0.25, 0.3) is 0 Å². The van der Waals surface area contributed by atoms with Crippen LogP contribution in [0.1, 0.15) is 0 Å². The van der Waals surface area contributed by atoms with Gasteiger partial charge in [0, 0.05) is 201 Å². The van der Waals surface area contributed by atoms with Crippen molar-refractivity contribution in [3.8, 4) is 0 Å². The van der Waals surface area contributed by atoms with Gasteiger partial charge in [0.1, 0.15) is 0 Å². The summed E-state index contributed by atoms with van der Waals surface area (Å²) in [6, 6.07) is 0. The van der Waals surface area contributed by atoms with E-state index in [9.17, 15) is 0 Å². The van der Waals surface area contributed by atoms with E-state index in [2.05, 4.69) is 0 Å². The fraction of sp³-hybridized carbons (Fsp3) is 0. The van der Waals surface area contributed by atoms with Gasteiger partial charge in [-0.25, -0.2) is 0 Å². The van der Waals surface area contributed by atoms with Crippen molar-refractivity contribution in [2.75, 3.05) is 0 Å². The van der Waals surface area contributed by atoms with Crippen LogP contribution in [0.15, 0.2) is 0 Å². The van der Waals surface area contributed by atoms with Crippen molar-refractivity contribution in [3.05, 3.63) is 0 Å². The molecule has 0 aliphatic carbocycles. The van der Waals surface area contributed by atoms with Crippen molar-refractivity contribution in [2.24, 2.45) is 0 Å². The first-order valence-electron chi connectivity index (χ1n) is 0. The maximum absolute atomic E-state index is 0. The SMILES string of the molecule is [Al].[Pd].[Pd].[Pd].[Pd].[Pd].[Pd].[Pd].[Pd].[Pd]. The van der Waals surface area contributed by atoms with Gasteiger partial charge in [-0.2, -0.15) is 0 Å². The Morgan fingerprint density at radius 2 is 0.200 bits per heavy atom. The largest absolute Gasteiger partial charge is 0 e. The third-order valence-electron chi connectivity index (χ3n) is 0. The standard InChI is InChI=1S/Al.9Pd. The molecule has 0 saturated heterocycles. The third-order valence-corrected chi connectivity index (χ3v) is 0. The quantitative estimate of drug-likeness (QED) is 0.291. The maximum atomic E-state index is 0. The summed E-state index contributed by atoms with van der Waals surface area (Å²) in [6.07, 6.45) is 0. The van der Waals surface area contributed by atoms with Crippen LogP contribution < -0.4 is 0 Å². The molecule has 93 valence electrons. The first-order valence-corrected chi connectivity index (χ1v) is 0. The van der Waals surface area contributed by atoms with Gasteiger partial charge in [-0.1, -0.05) is 0 Å². The van der Waals surface area contributed by atoms with Crippen LogP contribution >= 0.6 is 0 Å². The van der Waals surface area contributed by atoms with Crippen molar-refractivity contribution in [1.29, 1.82) is 0 Å². The summed E-state index contributed by atoms with van der Waals surface area (Å²) < 4.78 is 0. The molecule has 0 rings (SSSR count). The predicted octanol–water partition coefficient (Wildman–Crippen LogP) is -0.403. The summed E-state index contributed by atoms with van der Waals surface area (Å²) in [4.78, 5) is 0. The summed E-state index contributed by atoms with van der Waals surface area (Å²) in [6.45, 7) is 0. The number of hydrogen-bond donors (Lipinski definition) is 0. The Balaban J connectivity index is 0. The molecule has 0 saturated carbocycles. The van der Waals surface area contributed by atoms with Crippen LogP contribution in [0.4, 0.5) is 0 Å². The van der Waals surface area contributed by atoms with Gasteiger partial charge in [0.2, 0.25) is 0 Å². The molecule has 0 N–H and O–H groups in total. The third kappa shape index (κ3) is 62.6. The van der Waals surface area contributed by atoms with Crippen molar-refractivity contribution >= 4 is 17.4 Å². The van der Waals surface area contributed by atoms with Gasteiger partial charge in [0.25, 0.3) is 0 Å². The molecule has 0 spiro atoms. The maximum Gasteiger partial charge on any atom is 0 e. The van der Waals surface area contributed by atoms with Crippen LogP contribution in [0.3, 0.4) is 0 Å². The van der Waals surface area contributed by atoms with Crippen LogP contribution in [-0.4, -0.2) is 17.4 Å². The second-order valence-electron chi connectivity index (χ2n) is 0. The van der Waals surface area contributed by atoms with Crippen LogP contribution in [0, 0.1) is 0 Å². The Morgan fingerprint density at radius 3 is 0.200 bits per heavy atom. The minimum absolute atomic E-state index is 0. The van der Waals surface area contributed by atoms with E-state index >= 15 is 0 Å². The average molecular weight is 985 g/mol. The zero-order valence-electron chi connectivity index (χ0n) is 3.42. The molecule has 0 aliphatic rings. The van der Waals surface area contributed by atoms with Gasteiger partial charge in [-0.15, -0.1) is 0 Å². The summed E-state index contributed by atoms with van der Waals surface area (Å²) >= 11 is 0. The molecule has 0 aromatic heterocycles. The minimum Gasteiger partial charge on any atom is 0 e. The molecule has 0 heterocycles. The van der Waals surface area contributed by atoms with E-state index in [0.717, 1.165) is 0 Å². The van der Waals surface area contributed by atoms with Crippen LogP contribution in [0.2, 0.25) is 0 Å². The molecular weight excluding hydrogens is 985 g/mol. The van der Waals surface area contributed by atoms with E-state index in [0.29, 0.717) is 0 Å². The zero-order chi connectivity index (χ0) is 0. The normalized spacial score (nSPS) is 0. The predicted molar refractivity (Wildman–Crippen MR) is 5.75 cm³/mol. The summed E-state index contributed by atoms with van der Waals surface area (Å²) in [5.74, 6) is 0. The van der Waals surface area contributed by atoms with Crippen molar-refractivity contribution in [2.45, 2.75) is 0 Å². The number of rotatable bonds is 0. The monoisotopic (exact) mass is 980 g/mol. The molecule has 0 aromatic carbocycles. The Labute approximate surface area is 196 Å². The van der Waals surface area contributed by atoms with E-state index in [1.807, 2.05) is 0 Å². The van der Waals surface area contributed by atoms with Gasteiger partial charge in [0.15, 0.2) is 0 Å². The van der Waals surface area contributed by atoms with Gasteiger partial charge in [-0.3, -0.25) is 0 Å². The molecule has 0 aromatic rings. The Morgan fingerprint density at radius 1 is 0.200 bits per heavy atom. The van der Waals surface area contributed by atoms with Gasteiger partial charge < -0.3 is 0 Å². The smallest absolute Gasteiger partial charge is 0 e. The second kappa shape index (κ2) is 77.2. The van der Waals surface area contributed by atoms with Gasteiger partial charge in [0.05, 0.1) is 0 Å². The molecule has 0 fully saturated rings. The first kappa shape index (κ1) is 93.9. The van der Waals surface area contributed by atoms with E-state index in [4.69, 9.17) is 0 Å². The Hall–Kier alpha value is 6.49. The van der Waals surface area contributed by atoms with E-state index < -0.39 is 0 Å². The second-order valence-corrected chi connectivity index (χ2v) is 0. The van der Waals surface area contributed by atoms with E-state index in [1.54, 1.807) is 0 Å². The van der Waals surface area contributed by atoms with Crippen LogP contribution in [-0.2, 0) is 184 Å². The van der Waals surface area contributed by atoms with E-state index in [-0.39, 0.29) is 201 Å². The molecule has 0 amide bonds. The molecule has 0 bridgehead atoms. The van der Waals surface area contributed by atoms with Gasteiger partial charge in [-0.05, 0) is 0 Å². The van der Waals surface area contributed by atoms with E-state index in [1.165, 1.54) is 0 Å². The molecule has 0 unspecified atom stereocenters. The summed E-state index contributed by atoms with van der Waals surface area (Å²) in [5, 5.41) is 0. The van der Waals surface area contributed by atoms with Crippen molar-refractivity contribution in [3.63, 3.8) is 0 Å². The fourth-order valence-corrected chi connectivity index (χ4v) is 0. The topological polar surface area (TPSA) is 0 Å². The summed E-state index contributed by atoms with van der Waals surface area (Å²) in [5.41, 5.74) is 0. The average Bonchev–Trinajstić information content (AvgIpc) is 0. The van der Waals surface area contributed by atoms with Crippen molar-refractivity contribution in [1.82, 2.24) is 0 Å². The Kier molecular flexibility index (Phi) is 725. The Bertz CT molecular complexity index is 4.69. The zero-order valence-corrected chi connectivity index (χ0v) is 18.6. The molecule has 3 radical (unpaired) electrons.